The van der Waals surface area contributed by atoms with Crippen molar-refractivity contribution in [3.05, 3.63) is 37.2 Å². The molecule has 3 aromatic rings. The predicted molar refractivity (Wildman–Crippen MR) is 97.5 cm³/mol. The van der Waals surface area contributed by atoms with Gasteiger partial charge in [-0.2, -0.15) is 10.4 Å². The van der Waals surface area contributed by atoms with Crippen molar-refractivity contribution >= 4 is 17.2 Å². The van der Waals surface area contributed by atoms with Gasteiger partial charge in [0.2, 0.25) is 5.91 Å². The maximum Gasteiger partial charge on any atom is 0.236 e. The Bertz CT molecular complexity index is 1010. The number of carbonyl (C=O) groups excluding carboxylic acids is 1. The molecule has 1 N–H and O–H groups in total. The van der Waals surface area contributed by atoms with Gasteiger partial charge in [-0.3, -0.25) is 14.8 Å². The first kappa shape index (κ1) is 16.9. The van der Waals surface area contributed by atoms with Crippen molar-refractivity contribution in [2.45, 2.75) is 25.3 Å². The van der Waals surface area contributed by atoms with E-state index in [0.29, 0.717) is 24.6 Å². The summed E-state index contributed by atoms with van der Waals surface area (Å²) in [6, 6.07) is 2.00. The molecule has 1 unspecified atom stereocenters. The first-order chi connectivity index (χ1) is 13.2. The number of piperidine rings is 1. The van der Waals surface area contributed by atoms with Crippen LogP contribution in [0.4, 0.5) is 5.82 Å². The number of fused-ring (bicyclic) bond motifs is 1. The van der Waals surface area contributed by atoms with Crippen LogP contribution in [-0.4, -0.2) is 54.5 Å². The topological polar surface area (TPSA) is 112 Å². The number of rotatable bonds is 4. The highest BCUT2D eigenvalue weighted by Gasteiger charge is 2.23. The Hall–Kier alpha value is -3.54. The summed E-state index contributed by atoms with van der Waals surface area (Å²) in [7, 11) is 0. The first-order valence-corrected chi connectivity index (χ1v) is 8.75. The molecule has 0 aromatic carbocycles. The Labute approximate surface area is 155 Å². The summed E-state index contributed by atoms with van der Waals surface area (Å²) >= 11 is 0. The SMILES string of the molecule is N#CCC(=O)N1CCCC(Nc2cncc(-c3cnn4ccncc34)n2)C1. The molecular weight excluding hydrogens is 344 g/mol. The molecule has 1 atom stereocenters. The van der Waals surface area contributed by atoms with Crippen molar-refractivity contribution in [3.63, 3.8) is 0 Å². The minimum Gasteiger partial charge on any atom is -0.364 e. The fraction of sp³-hybridized carbons (Fsp3) is 0.333. The molecule has 0 saturated carbocycles. The van der Waals surface area contributed by atoms with Crippen LogP contribution in [0.3, 0.4) is 0 Å². The van der Waals surface area contributed by atoms with Gasteiger partial charge < -0.3 is 10.2 Å². The monoisotopic (exact) mass is 362 g/mol. The minimum absolute atomic E-state index is 0.0786. The average molecular weight is 362 g/mol. The van der Waals surface area contributed by atoms with Crippen LogP contribution in [0.25, 0.3) is 16.8 Å². The van der Waals surface area contributed by atoms with Gasteiger partial charge in [-0.25, -0.2) is 9.50 Å². The second kappa shape index (κ2) is 7.37. The van der Waals surface area contributed by atoms with Gasteiger partial charge in [-0.15, -0.1) is 0 Å². The van der Waals surface area contributed by atoms with Crippen LogP contribution in [0, 0.1) is 11.3 Å². The van der Waals surface area contributed by atoms with Crippen LogP contribution in [0.5, 0.6) is 0 Å². The van der Waals surface area contributed by atoms with E-state index in [-0.39, 0.29) is 18.4 Å². The summed E-state index contributed by atoms with van der Waals surface area (Å²) in [6.45, 7) is 1.26. The molecule has 1 aliphatic heterocycles. The molecule has 136 valence electrons. The van der Waals surface area contributed by atoms with E-state index in [1.54, 1.807) is 46.6 Å². The lowest BCUT2D eigenvalue weighted by molar-refractivity contribution is -0.131. The van der Waals surface area contributed by atoms with E-state index in [1.807, 2.05) is 6.07 Å². The van der Waals surface area contributed by atoms with Crippen LogP contribution in [0.15, 0.2) is 37.2 Å². The number of aromatic nitrogens is 5. The van der Waals surface area contributed by atoms with Gasteiger partial charge in [0, 0.05) is 37.1 Å². The van der Waals surface area contributed by atoms with E-state index in [4.69, 9.17) is 5.26 Å². The Morgan fingerprint density at radius 1 is 1.30 bits per heavy atom. The van der Waals surface area contributed by atoms with E-state index in [2.05, 4.69) is 25.4 Å². The number of likely N-dealkylation sites (tertiary alicyclic amines) is 1. The summed E-state index contributed by atoms with van der Waals surface area (Å²) in [5, 5.41) is 16.4. The number of nitrogens with zero attached hydrogens (tertiary/aromatic N) is 7. The molecular formula is C18H18N8O. The lowest BCUT2D eigenvalue weighted by atomic mass is 10.1. The zero-order chi connectivity index (χ0) is 18.6. The van der Waals surface area contributed by atoms with E-state index in [1.165, 1.54) is 0 Å². The van der Waals surface area contributed by atoms with Gasteiger partial charge in [0.05, 0.1) is 42.1 Å². The first-order valence-electron chi connectivity index (χ1n) is 8.75. The van der Waals surface area contributed by atoms with E-state index in [9.17, 15) is 4.79 Å². The third-order valence-electron chi connectivity index (χ3n) is 4.59. The fourth-order valence-corrected chi connectivity index (χ4v) is 3.31. The van der Waals surface area contributed by atoms with Gasteiger partial charge in [-0.1, -0.05) is 0 Å². The minimum atomic E-state index is -0.123. The normalized spacial score (nSPS) is 16.9. The molecule has 3 aromatic heterocycles. The third kappa shape index (κ3) is 3.55. The van der Waals surface area contributed by atoms with Crippen LogP contribution >= 0.6 is 0 Å². The highest BCUT2D eigenvalue weighted by Crippen LogP contribution is 2.23. The molecule has 0 aliphatic carbocycles. The summed E-state index contributed by atoms with van der Waals surface area (Å²) in [4.78, 5) is 26.8. The molecule has 1 fully saturated rings. The molecule has 1 saturated heterocycles. The van der Waals surface area contributed by atoms with Gasteiger partial charge in [0.25, 0.3) is 0 Å². The number of carbonyl (C=O) groups is 1. The fourth-order valence-electron chi connectivity index (χ4n) is 3.31. The molecule has 27 heavy (non-hydrogen) atoms. The molecule has 9 nitrogen and oxygen atoms in total. The Balaban J connectivity index is 1.51. The zero-order valence-corrected chi connectivity index (χ0v) is 14.6. The third-order valence-corrected chi connectivity index (χ3v) is 4.59. The van der Waals surface area contributed by atoms with Crippen molar-refractivity contribution in [1.82, 2.24) is 29.5 Å². The molecule has 4 rings (SSSR count). The Morgan fingerprint density at radius 2 is 2.22 bits per heavy atom. The second-order valence-electron chi connectivity index (χ2n) is 6.41. The highest BCUT2D eigenvalue weighted by atomic mass is 16.2. The van der Waals surface area contributed by atoms with Gasteiger partial charge >= 0.3 is 0 Å². The smallest absolute Gasteiger partial charge is 0.236 e. The maximum absolute atomic E-state index is 12.0. The van der Waals surface area contributed by atoms with Crippen molar-refractivity contribution in [2.24, 2.45) is 0 Å². The number of hydrogen-bond acceptors (Lipinski definition) is 7. The number of amides is 1. The summed E-state index contributed by atoms with van der Waals surface area (Å²) < 4.78 is 1.74. The summed E-state index contributed by atoms with van der Waals surface area (Å²) in [6.07, 6.45) is 12.0. The standard InChI is InChI=1S/C18H18N8O/c19-4-3-18(27)25-6-1-2-13(12-25)23-17-11-21-9-15(24-17)14-8-22-26-7-5-20-10-16(14)26/h5,7-11,13H,1-3,6,12H2,(H,23,24). The van der Waals surface area contributed by atoms with Crippen molar-refractivity contribution in [3.8, 4) is 17.3 Å². The molecule has 0 radical (unpaired) electrons. The van der Waals surface area contributed by atoms with Crippen molar-refractivity contribution in [2.75, 3.05) is 18.4 Å². The summed E-state index contributed by atoms with van der Waals surface area (Å²) in [5.74, 6) is 0.526. The predicted octanol–water partition coefficient (Wildman–Crippen LogP) is 1.50. The molecule has 0 bridgehead atoms. The molecule has 1 aliphatic rings. The number of nitrogens with one attached hydrogen (secondary N) is 1. The zero-order valence-electron chi connectivity index (χ0n) is 14.6. The quantitative estimate of drug-likeness (QED) is 0.748. The number of nitriles is 1. The Kier molecular flexibility index (Phi) is 4.61. The van der Waals surface area contributed by atoms with Crippen molar-refractivity contribution in [1.29, 1.82) is 5.26 Å². The van der Waals surface area contributed by atoms with Crippen molar-refractivity contribution < 1.29 is 4.79 Å². The lowest BCUT2D eigenvalue weighted by Gasteiger charge is -2.33. The van der Waals surface area contributed by atoms with Gasteiger partial charge in [0.1, 0.15) is 12.2 Å². The van der Waals surface area contributed by atoms with E-state index < -0.39 is 0 Å². The van der Waals surface area contributed by atoms with Crippen LogP contribution in [-0.2, 0) is 4.79 Å². The number of hydrogen-bond donors (Lipinski definition) is 1. The summed E-state index contributed by atoms with van der Waals surface area (Å²) in [5.41, 5.74) is 2.42. The van der Waals surface area contributed by atoms with E-state index >= 15 is 0 Å². The van der Waals surface area contributed by atoms with E-state index in [0.717, 1.165) is 23.9 Å². The van der Waals surface area contributed by atoms with Crippen LogP contribution < -0.4 is 5.32 Å². The Morgan fingerprint density at radius 3 is 3.11 bits per heavy atom. The van der Waals surface area contributed by atoms with Gasteiger partial charge in [0.15, 0.2) is 0 Å². The van der Waals surface area contributed by atoms with Crippen LogP contribution in [0.2, 0.25) is 0 Å². The largest absolute Gasteiger partial charge is 0.364 e. The highest BCUT2D eigenvalue weighted by molar-refractivity contribution is 5.78. The molecule has 9 heteroatoms. The maximum atomic E-state index is 12.0. The van der Waals surface area contributed by atoms with Gasteiger partial charge in [-0.05, 0) is 12.8 Å². The average Bonchev–Trinajstić information content (AvgIpc) is 3.13. The second-order valence-corrected chi connectivity index (χ2v) is 6.41. The molecule has 0 spiro atoms. The molecule has 4 heterocycles. The lowest BCUT2D eigenvalue weighted by Crippen LogP contribution is -2.45. The molecule has 1 amide bonds. The van der Waals surface area contributed by atoms with Crippen LogP contribution in [0.1, 0.15) is 19.3 Å². The number of anilines is 1.